The van der Waals surface area contributed by atoms with Crippen molar-refractivity contribution in [2.75, 3.05) is 84.4 Å². The van der Waals surface area contributed by atoms with Crippen LogP contribution in [-0.4, -0.2) is 224 Å². The van der Waals surface area contributed by atoms with Crippen LogP contribution in [0.2, 0.25) is 0 Å². The summed E-state index contributed by atoms with van der Waals surface area (Å²) in [7, 11) is 0. The van der Waals surface area contributed by atoms with Crippen molar-refractivity contribution >= 4 is 75.7 Å². The van der Waals surface area contributed by atoms with E-state index in [1.165, 1.54) is 38.4 Å². The lowest BCUT2D eigenvalue weighted by atomic mass is 9.96. The maximum absolute atomic E-state index is 14.6. The van der Waals surface area contributed by atoms with Crippen LogP contribution in [0.1, 0.15) is 134 Å². The van der Waals surface area contributed by atoms with E-state index in [1.54, 1.807) is 25.6 Å². The maximum Gasteiger partial charge on any atom is 0.329 e. The van der Waals surface area contributed by atoms with Gasteiger partial charge in [-0.05, 0) is 75.8 Å². The van der Waals surface area contributed by atoms with Gasteiger partial charge in [0.25, 0.3) is 0 Å². The van der Waals surface area contributed by atoms with Crippen LogP contribution in [0.4, 0.5) is 5.69 Å². The number of benzene rings is 2. The Morgan fingerprint density at radius 2 is 1.45 bits per heavy atom. The van der Waals surface area contributed by atoms with Gasteiger partial charge in [0.05, 0.1) is 44.6 Å². The Balaban J connectivity index is 1.60. The van der Waals surface area contributed by atoms with Crippen LogP contribution in [0.5, 0.6) is 0 Å². The average Bonchev–Trinajstić information content (AvgIpc) is 1.76. The van der Waals surface area contributed by atoms with Crippen molar-refractivity contribution < 1.29 is 73.1 Å². The van der Waals surface area contributed by atoms with E-state index in [0.29, 0.717) is 51.9 Å². The monoisotopic (exact) mass is 1390 g/mol. The fourth-order valence-electron chi connectivity index (χ4n) is 11.2. The molecule has 31 heteroatoms. The first-order valence-corrected chi connectivity index (χ1v) is 34.6. The van der Waals surface area contributed by atoms with Gasteiger partial charge in [0.2, 0.25) is 35.4 Å². The molecular formula is C68H110N16O15. The van der Waals surface area contributed by atoms with Gasteiger partial charge in [0.1, 0.15) is 30.3 Å². The molecule has 1 aliphatic rings. The summed E-state index contributed by atoms with van der Waals surface area (Å²) >= 11 is 0. The molecule has 1 aromatic heterocycles. The van der Waals surface area contributed by atoms with Gasteiger partial charge >= 0.3 is 17.9 Å². The summed E-state index contributed by atoms with van der Waals surface area (Å²) in [6, 6.07) is 4.77. The van der Waals surface area contributed by atoms with E-state index in [4.69, 9.17) is 16.2 Å². The van der Waals surface area contributed by atoms with Crippen molar-refractivity contribution in [3.8, 4) is 0 Å². The van der Waals surface area contributed by atoms with Crippen LogP contribution in [-0.2, 0) is 54.3 Å². The summed E-state index contributed by atoms with van der Waals surface area (Å²) in [6.45, 7) is 10.3. The number of amides is 6. The molecule has 1 fully saturated rings. The molecule has 2 heterocycles. The third-order valence-corrected chi connectivity index (χ3v) is 16.9. The molecule has 1 saturated heterocycles. The molecule has 11 atom stereocenters. The fraction of sp³-hybridized carbons (Fsp3) is 0.618. The first kappa shape index (κ1) is 83.7. The van der Waals surface area contributed by atoms with Crippen LogP contribution < -0.4 is 80.6 Å². The largest absolute Gasteiger partial charge is 0.481 e. The van der Waals surface area contributed by atoms with Crippen LogP contribution in [0, 0.1) is 19.0 Å². The molecule has 3 aromatic rings. The number of esters is 1. The zero-order chi connectivity index (χ0) is 72.5. The number of nitrogens with one attached hydrogen (secondary N) is 14. The van der Waals surface area contributed by atoms with Crippen LogP contribution >= 0.6 is 0 Å². The Morgan fingerprint density at radius 1 is 0.727 bits per heavy atom. The van der Waals surface area contributed by atoms with Crippen LogP contribution in [0.25, 0.3) is 10.9 Å². The average molecular weight is 1390 g/mol. The van der Waals surface area contributed by atoms with Crippen molar-refractivity contribution in [3.63, 3.8) is 0 Å². The summed E-state index contributed by atoms with van der Waals surface area (Å²) in [4.78, 5) is 138. The van der Waals surface area contributed by atoms with Crippen LogP contribution in [0.15, 0.2) is 54.7 Å². The first-order chi connectivity index (χ1) is 47.6. The first-order valence-electron chi connectivity index (χ1n) is 34.6. The van der Waals surface area contributed by atoms with Gasteiger partial charge in [-0.2, -0.15) is 0 Å². The van der Waals surface area contributed by atoms with Gasteiger partial charge in [0.15, 0.2) is 5.78 Å². The molecule has 2 radical (unpaired) electrons. The van der Waals surface area contributed by atoms with Crippen LogP contribution in [0.3, 0.4) is 0 Å². The molecule has 4 rings (SSSR count). The van der Waals surface area contributed by atoms with Crippen molar-refractivity contribution in [1.29, 1.82) is 0 Å². The zero-order valence-corrected chi connectivity index (χ0v) is 57.7. The number of nitrogen functional groups attached to an aromatic ring is 1. The number of carbonyl (C=O) groups is 10. The number of hydrogen-bond acceptors (Lipinski definition) is 22. The molecule has 2 aromatic carbocycles. The number of aliphatic hydroxyl groups excluding tert-OH is 2. The van der Waals surface area contributed by atoms with E-state index in [0.717, 1.165) is 42.1 Å². The number of carbonyl (C=O) groups excluding carboxylic acids is 8. The molecular weight excluding hydrogens is 1280 g/mol. The Labute approximate surface area is 580 Å². The Hall–Kier alpha value is -7.72. The van der Waals surface area contributed by atoms with Gasteiger partial charge in [-0.25, -0.2) is 4.79 Å². The number of nitrogens with two attached hydrogens (primary N) is 2. The number of Topliss-reactive ketones (excluding diaryl/α,β-unsaturated/α-hetero) is 1. The third kappa shape index (κ3) is 32.4. The lowest BCUT2D eigenvalue weighted by Gasteiger charge is -2.30. The highest BCUT2D eigenvalue weighted by atomic mass is 16.5. The number of fused-ring (bicyclic) bond motifs is 1. The summed E-state index contributed by atoms with van der Waals surface area (Å²) in [5.41, 5.74) is 14.0. The molecule has 0 spiro atoms. The molecule has 1 unspecified atom stereocenters. The zero-order valence-electron chi connectivity index (χ0n) is 57.7. The van der Waals surface area contributed by atoms with E-state index in [1.807, 2.05) is 37.4 Å². The van der Waals surface area contributed by atoms with Gasteiger partial charge in [0, 0.05) is 131 Å². The minimum atomic E-state index is -1.79. The molecule has 99 heavy (non-hydrogen) atoms. The Kier molecular flexibility index (Phi) is 40.0. The predicted molar refractivity (Wildman–Crippen MR) is 374 cm³/mol. The summed E-state index contributed by atoms with van der Waals surface area (Å²) in [5.74, 6) is -10.0. The van der Waals surface area contributed by atoms with E-state index < -0.39 is 140 Å². The number of ketones is 1. The van der Waals surface area contributed by atoms with Crippen molar-refractivity contribution in [2.45, 2.75) is 184 Å². The number of rotatable bonds is 33. The van der Waals surface area contributed by atoms with Crippen molar-refractivity contribution in [3.05, 3.63) is 78.9 Å². The number of para-hydroxylation sites is 2. The van der Waals surface area contributed by atoms with E-state index >= 15 is 0 Å². The molecule has 31 nitrogen and oxygen atoms in total. The second-order valence-corrected chi connectivity index (χ2v) is 25.2. The molecule has 552 valence electrons. The lowest BCUT2D eigenvalue weighted by Crippen LogP contribution is -2.59. The standard InChI is InChI=1S/C68H110N16O15/c1-5-6-7-8-9-10-11-22-59(88)81-54(33-46-37-79-52-21-15-13-18-49(46)52)65(95)75-30-26-71-25-29-74-56-40-72-27-28-73-47(17-16-24-69)38-77-48(34-62(92)93)39-76-44(3)36-78-53(23-31-85)64(94)80-41-60(89)82-57(42-86)66(96)84-63(43(2)32-61(90)91)67(97)83-55(68(98)99-45(56)4)35-58(87)50-19-12-14-20-51(50)70/h12-15,18-21,25,30,37,43-45,47-48,53-57,63,71-74,76-79,85-86H,5-11,16-17,22-24,26-29,31-36,38-42,69-70H2,1-4H3,(H,75,95)(H,80,94)(H,81,88)(H,82,89)(H,83,97)(H,84,96)(H,90,91)(H,92,93)/t43-,44-,45?,47+,48+,53+,54+,55+,56-,57-,63+/m1/s1. The third-order valence-electron chi connectivity index (χ3n) is 16.9. The number of unbranched alkanes of at least 4 members (excludes halogenated alkanes) is 6. The number of aliphatic carboxylic acids is 2. The highest BCUT2D eigenvalue weighted by molar-refractivity contribution is 6.04. The molecule has 1 aliphatic heterocycles. The Morgan fingerprint density at radius 3 is 2.17 bits per heavy atom. The number of carboxylic acid groups (broad SMARTS) is 2. The lowest BCUT2D eigenvalue weighted by molar-refractivity contribution is -0.154. The Bertz CT molecular complexity index is 2980. The summed E-state index contributed by atoms with van der Waals surface area (Å²) in [6.07, 6.45) is 8.18. The number of aliphatic hydroxyl groups is 2. The minimum absolute atomic E-state index is 0.00866. The highest BCUT2D eigenvalue weighted by Gasteiger charge is 2.37. The number of hydrogen-bond donors (Lipinski definition) is 20. The molecule has 0 bridgehead atoms. The van der Waals surface area contributed by atoms with E-state index in [-0.39, 0.29) is 81.2 Å². The fourth-order valence-corrected chi connectivity index (χ4v) is 11.2. The number of H-pyrrole nitrogens is 1. The number of carboxylic acids is 2. The smallest absolute Gasteiger partial charge is 0.329 e. The number of cyclic esters (lactones) is 1. The van der Waals surface area contributed by atoms with Crippen molar-refractivity contribution in [2.24, 2.45) is 11.7 Å². The summed E-state index contributed by atoms with van der Waals surface area (Å²) in [5, 5.41) is 79.3. The topological polar surface area (TPSA) is 485 Å². The highest BCUT2D eigenvalue weighted by Crippen LogP contribution is 2.21. The minimum Gasteiger partial charge on any atom is -0.481 e. The van der Waals surface area contributed by atoms with E-state index in [9.17, 15) is 68.4 Å². The normalized spacial score (nSPS) is 22.6. The number of ether oxygens (including phenoxy) is 1. The molecule has 0 saturated carbocycles. The number of aromatic amines is 1. The van der Waals surface area contributed by atoms with E-state index in [2.05, 4.69) is 81.0 Å². The molecule has 0 aliphatic carbocycles. The van der Waals surface area contributed by atoms with Crippen molar-refractivity contribution in [1.82, 2.24) is 74.1 Å². The number of aromatic nitrogens is 1. The van der Waals surface area contributed by atoms with Gasteiger partial charge in [-0.1, -0.05) is 82.7 Å². The second-order valence-electron chi connectivity index (χ2n) is 25.2. The number of anilines is 1. The SMILES string of the molecule is CCCCCCCCCC(=O)N[C@@H](Cc1c[nH]c2ccccc12)C(=O)N[CH]CN[CH]CN[C@@H]1CNCCN[C@@H](CCCN)CN[C@@H](CC(=O)O)CN[C@H](C)CN[C@@H](CCO)C(=O)NCC(=O)N[C@H](CO)C(=O)N[C@@H]([C@H](C)CC(=O)O)C(=O)N[C@@H](CC(=O)c2ccccc2N)C(=O)OC1C. The maximum atomic E-state index is 14.6. The second kappa shape index (κ2) is 47.3. The molecule has 22 N–H and O–H groups in total. The summed E-state index contributed by atoms with van der Waals surface area (Å²) < 4.78 is 6.08. The van der Waals surface area contributed by atoms with Gasteiger partial charge in [-0.3, -0.25) is 43.2 Å². The molecule has 6 amide bonds. The quantitative estimate of drug-likeness (QED) is 0.0148. The van der Waals surface area contributed by atoms with Gasteiger partial charge < -0.3 is 111 Å². The van der Waals surface area contributed by atoms with Gasteiger partial charge in [-0.15, -0.1) is 0 Å². The predicted octanol–water partition coefficient (Wildman–Crippen LogP) is -1.16.